The molecule has 0 saturated heterocycles. The first kappa shape index (κ1) is 13.8. The maximum Gasteiger partial charge on any atom is 0.251 e. The number of benzene rings is 2. The van der Waals surface area contributed by atoms with Gasteiger partial charge in [0.25, 0.3) is 5.91 Å². The molecule has 0 spiro atoms. The number of hydrogen-bond acceptors (Lipinski definition) is 2. The number of amides is 1. The summed E-state index contributed by atoms with van der Waals surface area (Å²) in [5.74, 6) is -0.379. The number of fused-ring (bicyclic) bond motifs is 1. The molecule has 0 radical (unpaired) electrons. The lowest BCUT2D eigenvalue weighted by molar-refractivity contribution is 0.0951. The Kier molecular flexibility index (Phi) is 3.71. The fourth-order valence-corrected chi connectivity index (χ4v) is 2.47. The summed E-state index contributed by atoms with van der Waals surface area (Å²) in [5.41, 5.74) is 4.42. The Balaban J connectivity index is 1.67. The van der Waals surface area contributed by atoms with E-state index in [0.717, 1.165) is 18.7 Å². The highest BCUT2D eigenvalue weighted by Gasteiger charge is 2.13. The first-order chi connectivity index (χ1) is 10.1. The molecule has 0 aliphatic carbocycles. The van der Waals surface area contributed by atoms with E-state index in [0.29, 0.717) is 17.7 Å². The van der Waals surface area contributed by atoms with Gasteiger partial charge in [-0.2, -0.15) is 0 Å². The van der Waals surface area contributed by atoms with E-state index in [1.54, 1.807) is 13.0 Å². The zero-order chi connectivity index (χ0) is 14.8. The van der Waals surface area contributed by atoms with Crippen LogP contribution in [-0.4, -0.2) is 5.91 Å². The highest BCUT2D eigenvalue weighted by Crippen LogP contribution is 2.17. The van der Waals surface area contributed by atoms with Gasteiger partial charge in [-0.15, -0.1) is 0 Å². The second kappa shape index (κ2) is 5.66. The Morgan fingerprint density at radius 3 is 2.81 bits per heavy atom. The summed E-state index contributed by atoms with van der Waals surface area (Å²) in [6.07, 6.45) is 0. The zero-order valence-electron chi connectivity index (χ0n) is 11.9. The van der Waals surface area contributed by atoms with Gasteiger partial charge in [-0.05, 0) is 47.4 Å². The molecule has 21 heavy (non-hydrogen) atoms. The van der Waals surface area contributed by atoms with E-state index in [9.17, 15) is 9.18 Å². The molecule has 2 N–H and O–H groups in total. The minimum absolute atomic E-state index is 0.134. The van der Waals surface area contributed by atoms with Crippen LogP contribution in [0.4, 0.5) is 4.39 Å². The molecule has 4 heteroatoms. The van der Waals surface area contributed by atoms with Gasteiger partial charge in [-0.25, -0.2) is 4.39 Å². The predicted molar refractivity (Wildman–Crippen MR) is 79.3 cm³/mol. The number of carbonyl (C=O) groups is 1. The van der Waals surface area contributed by atoms with Crippen LogP contribution in [0.15, 0.2) is 36.4 Å². The summed E-state index contributed by atoms with van der Waals surface area (Å²) in [5, 5.41) is 6.08. The van der Waals surface area contributed by atoms with Crippen LogP contribution in [0.1, 0.15) is 32.6 Å². The van der Waals surface area contributed by atoms with Crippen molar-refractivity contribution in [3.8, 4) is 0 Å². The van der Waals surface area contributed by atoms with E-state index in [2.05, 4.69) is 10.6 Å². The summed E-state index contributed by atoms with van der Waals surface area (Å²) in [6.45, 7) is 3.71. The van der Waals surface area contributed by atoms with E-state index >= 15 is 0 Å². The molecule has 2 aromatic carbocycles. The van der Waals surface area contributed by atoms with E-state index in [1.165, 1.54) is 17.2 Å². The fourth-order valence-electron chi connectivity index (χ4n) is 2.47. The molecule has 0 fully saturated rings. The van der Waals surface area contributed by atoms with Crippen LogP contribution in [0, 0.1) is 12.7 Å². The molecule has 0 aromatic heterocycles. The van der Waals surface area contributed by atoms with Crippen molar-refractivity contribution in [2.24, 2.45) is 0 Å². The summed E-state index contributed by atoms with van der Waals surface area (Å²) in [4.78, 5) is 12.1. The molecule has 108 valence electrons. The van der Waals surface area contributed by atoms with E-state index in [4.69, 9.17) is 0 Å². The first-order valence-electron chi connectivity index (χ1n) is 6.99. The van der Waals surface area contributed by atoms with E-state index < -0.39 is 0 Å². The number of hydrogen-bond donors (Lipinski definition) is 2. The number of aryl methyl sites for hydroxylation is 1. The molecule has 0 unspecified atom stereocenters. The first-order valence-corrected chi connectivity index (χ1v) is 6.99. The highest BCUT2D eigenvalue weighted by molar-refractivity contribution is 5.94. The molecular formula is C17H17FN2O. The monoisotopic (exact) mass is 284 g/mol. The van der Waals surface area contributed by atoms with Crippen molar-refractivity contribution in [2.45, 2.75) is 26.6 Å². The van der Waals surface area contributed by atoms with Crippen LogP contribution >= 0.6 is 0 Å². The Morgan fingerprint density at radius 1 is 1.19 bits per heavy atom. The van der Waals surface area contributed by atoms with Gasteiger partial charge in [-0.1, -0.05) is 18.2 Å². The van der Waals surface area contributed by atoms with Crippen molar-refractivity contribution in [2.75, 3.05) is 0 Å². The summed E-state index contributed by atoms with van der Waals surface area (Å²) in [6, 6.07) is 10.7. The van der Waals surface area contributed by atoms with E-state index in [1.807, 2.05) is 24.3 Å². The van der Waals surface area contributed by atoms with E-state index in [-0.39, 0.29) is 11.7 Å². The SMILES string of the molecule is Cc1ccc(CNC(=O)c2ccc3c(c2)CNC3)cc1F. The molecule has 0 saturated carbocycles. The number of carbonyl (C=O) groups excluding carboxylic acids is 1. The average Bonchev–Trinajstić information content (AvgIpc) is 2.95. The lowest BCUT2D eigenvalue weighted by Crippen LogP contribution is -2.23. The van der Waals surface area contributed by atoms with Crippen LogP contribution in [-0.2, 0) is 19.6 Å². The standard InChI is InChI=1S/C17H17FN2O/c1-11-2-3-12(6-16(11)18)8-20-17(21)13-4-5-14-9-19-10-15(14)7-13/h2-7,19H,8-10H2,1H3,(H,20,21). The topological polar surface area (TPSA) is 41.1 Å². The maximum atomic E-state index is 13.5. The summed E-state index contributed by atoms with van der Waals surface area (Å²) >= 11 is 0. The van der Waals surface area contributed by atoms with Crippen molar-refractivity contribution in [3.63, 3.8) is 0 Å². The van der Waals surface area contributed by atoms with Gasteiger partial charge in [0.05, 0.1) is 0 Å². The van der Waals surface area contributed by atoms with Gasteiger partial charge in [0.2, 0.25) is 0 Å². The van der Waals surface area contributed by atoms with Gasteiger partial charge >= 0.3 is 0 Å². The quantitative estimate of drug-likeness (QED) is 0.910. The molecule has 3 rings (SSSR count). The molecule has 0 bridgehead atoms. The smallest absolute Gasteiger partial charge is 0.251 e. The highest BCUT2D eigenvalue weighted by atomic mass is 19.1. The lowest BCUT2D eigenvalue weighted by Gasteiger charge is -2.08. The summed E-state index contributed by atoms with van der Waals surface area (Å²) in [7, 11) is 0. The fraction of sp³-hybridized carbons (Fsp3) is 0.235. The van der Waals surface area contributed by atoms with Crippen molar-refractivity contribution in [1.29, 1.82) is 0 Å². The molecule has 2 aromatic rings. The molecular weight excluding hydrogens is 267 g/mol. The summed E-state index contributed by atoms with van der Waals surface area (Å²) < 4.78 is 13.5. The number of halogens is 1. The number of rotatable bonds is 3. The van der Waals surface area contributed by atoms with Gasteiger partial charge in [0, 0.05) is 25.2 Å². The van der Waals surface area contributed by atoms with Crippen molar-refractivity contribution in [3.05, 3.63) is 70.0 Å². The van der Waals surface area contributed by atoms with Gasteiger partial charge in [-0.3, -0.25) is 4.79 Å². The van der Waals surface area contributed by atoms with Gasteiger partial charge in [0.15, 0.2) is 0 Å². The lowest BCUT2D eigenvalue weighted by atomic mass is 10.1. The Bertz CT molecular complexity index is 697. The maximum absolute atomic E-state index is 13.5. The van der Waals surface area contributed by atoms with Crippen molar-refractivity contribution < 1.29 is 9.18 Å². The van der Waals surface area contributed by atoms with Crippen LogP contribution in [0.3, 0.4) is 0 Å². The molecule has 3 nitrogen and oxygen atoms in total. The molecule has 1 aliphatic rings. The Morgan fingerprint density at radius 2 is 2.00 bits per heavy atom. The second-order valence-electron chi connectivity index (χ2n) is 5.35. The third kappa shape index (κ3) is 2.95. The van der Waals surface area contributed by atoms with Gasteiger partial charge < -0.3 is 10.6 Å². The van der Waals surface area contributed by atoms with Crippen LogP contribution in [0.5, 0.6) is 0 Å². The minimum atomic E-state index is -0.245. The normalized spacial score (nSPS) is 13.0. The largest absolute Gasteiger partial charge is 0.348 e. The average molecular weight is 284 g/mol. The molecule has 1 amide bonds. The minimum Gasteiger partial charge on any atom is -0.348 e. The van der Waals surface area contributed by atoms with Crippen molar-refractivity contribution >= 4 is 5.91 Å². The third-order valence-electron chi connectivity index (χ3n) is 3.79. The van der Waals surface area contributed by atoms with Crippen LogP contribution < -0.4 is 10.6 Å². The zero-order valence-corrected chi connectivity index (χ0v) is 11.9. The molecule has 1 heterocycles. The van der Waals surface area contributed by atoms with Gasteiger partial charge in [0.1, 0.15) is 5.82 Å². The number of nitrogens with one attached hydrogen (secondary N) is 2. The Hall–Kier alpha value is -2.20. The Labute approximate surface area is 123 Å². The van der Waals surface area contributed by atoms with Crippen molar-refractivity contribution in [1.82, 2.24) is 10.6 Å². The molecule has 0 atom stereocenters. The predicted octanol–water partition coefficient (Wildman–Crippen LogP) is 2.67. The van der Waals surface area contributed by atoms with Crippen LogP contribution in [0.2, 0.25) is 0 Å². The van der Waals surface area contributed by atoms with Crippen LogP contribution in [0.25, 0.3) is 0 Å². The second-order valence-corrected chi connectivity index (χ2v) is 5.35. The third-order valence-corrected chi connectivity index (χ3v) is 3.79. The molecule has 1 aliphatic heterocycles.